The first kappa shape index (κ1) is 12.4. The van der Waals surface area contributed by atoms with Crippen molar-refractivity contribution in [3.8, 4) is 11.5 Å². The summed E-state index contributed by atoms with van der Waals surface area (Å²) in [6.45, 7) is 4.49. The molecule has 0 aliphatic heterocycles. The fraction of sp³-hybridized carbons (Fsp3) is 0.600. The Hall–Kier alpha value is -1.36. The van der Waals surface area contributed by atoms with E-state index in [1.807, 2.05) is 0 Å². The Kier molecular flexibility index (Phi) is 2.52. The smallest absolute Gasteiger partial charge is 0.261 e. The van der Waals surface area contributed by atoms with Gasteiger partial charge in [0.1, 0.15) is 0 Å². The summed E-state index contributed by atoms with van der Waals surface area (Å²) in [7, 11) is 0. The maximum atomic E-state index is 6.20. The maximum absolute atomic E-state index is 6.20. The Bertz CT molecular complexity index is 671. The third kappa shape index (κ3) is 1.79. The van der Waals surface area contributed by atoms with Crippen molar-refractivity contribution in [1.82, 2.24) is 10.1 Å². The van der Waals surface area contributed by atoms with Gasteiger partial charge < -0.3 is 10.3 Å². The first-order chi connectivity index (χ1) is 9.56. The van der Waals surface area contributed by atoms with Crippen LogP contribution in [-0.2, 0) is 12.8 Å². The van der Waals surface area contributed by atoms with E-state index in [9.17, 15) is 0 Å². The molecule has 2 heterocycles. The van der Waals surface area contributed by atoms with Crippen LogP contribution in [0.15, 0.2) is 4.52 Å². The van der Waals surface area contributed by atoms with Crippen molar-refractivity contribution < 1.29 is 4.52 Å². The van der Waals surface area contributed by atoms with E-state index in [0.29, 0.717) is 17.2 Å². The molecule has 2 N–H and O–H groups in total. The quantitative estimate of drug-likeness (QED) is 0.914. The van der Waals surface area contributed by atoms with Crippen LogP contribution in [0.4, 0.5) is 5.00 Å². The van der Waals surface area contributed by atoms with Crippen molar-refractivity contribution in [1.29, 1.82) is 0 Å². The average Bonchev–Trinajstić information content (AvgIpc) is 2.80. The van der Waals surface area contributed by atoms with E-state index in [-0.39, 0.29) is 0 Å². The van der Waals surface area contributed by atoms with Crippen molar-refractivity contribution in [3.63, 3.8) is 0 Å². The number of rotatable bonds is 2. The van der Waals surface area contributed by atoms with E-state index in [1.54, 1.807) is 11.3 Å². The van der Waals surface area contributed by atoms with Crippen LogP contribution in [0.1, 0.15) is 55.3 Å². The lowest BCUT2D eigenvalue weighted by Crippen LogP contribution is -2.00. The van der Waals surface area contributed by atoms with E-state index >= 15 is 0 Å². The van der Waals surface area contributed by atoms with Crippen LogP contribution in [-0.4, -0.2) is 10.1 Å². The second-order valence-corrected chi connectivity index (χ2v) is 7.79. The van der Waals surface area contributed by atoms with E-state index in [2.05, 4.69) is 24.0 Å². The third-order valence-electron chi connectivity index (χ3n) is 4.68. The van der Waals surface area contributed by atoms with E-state index in [0.717, 1.165) is 35.7 Å². The second kappa shape index (κ2) is 4.07. The molecule has 1 saturated carbocycles. The number of nitrogens with zero attached hydrogens (tertiary/aromatic N) is 2. The molecular weight excluding hydrogens is 270 g/mol. The summed E-state index contributed by atoms with van der Waals surface area (Å²) in [5.74, 6) is 1.91. The number of hydrogen-bond acceptors (Lipinski definition) is 5. The lowest BCUT2D eigenvalue weighted by molar-refractivity contribution is 0.419. The lowest BCUT2D eigenvalue weighted by Gasteiger charge is -2.10. The Labute approximate surface area is 122 Å². The van der Waals surface area contributed by atoms with Gasteiger partial charge in [-0.3, -0.25) is 0 Å². The molecule has 1 unspecified atom stereocenters. The van der Waals surface area contributed by atoms with Gasteiger partial charge in [0.05, 0.1) is 10.6 Å². The zero-order valence-electron chi connectivity index (χ0n) is 11.9. The van der Waals surface area contributed by atoms with Crippen LogP contribution >= 0.6 is 11.3 Å². The van der Waals surface area contributed by atoms with Crippen molar-refractivity contribution in [2.45, 2.75) is 51.9 Å². The highest BCUT2D eigenvalue weighted by Crippen LogP contribution is 2.58. The molecule has 4 rings (SSSR count). The van der Waals surface area contributed by atoms with E-state index in [1.165, 1.54) is 23.3 Å². The zero-order valence-corrected chi connectivity index (χ0v) is 12.7. The van der Waals surface area contributed by atoms with Gasteiger partial charge in [-0.1, -0.05) is 19.0 Å². The normalized spacial score (nSPS) is 23.6. The molecular formula is C15H19N3OS. The maximum Gasteiger partial charge on any atom is 0.261 e. The summed E-state index contributed by atoms with van der Waals surface area (Å²) >= 11 is 1.69. The fourth-order valence-electron chi connectivity index (χ4n) is 3.21. The largest absolute Gasteiger partial charge is 0.390 e. The molecule has 20 heavy (non-hydrogen) atoms. The van der Waals surface area contributed by atoms with Gasteiger partial charge in [0.25, 0.3) is 5.89 Å². The molecule has 2 aliphatic carbocycles. The molecule has 4 nitrogen and oxygen atoms in total. The molecule has 2 aromatic heterocycles. The molecule has 0 aromatic carbocycles. The number of nitrogens with two attached hydrogens (primary N) is 1. The van der Waals surface area contributed by atoms with Crippen molar-refractivity contribution in [3.05, 3.63) is 16.3 Å². The standard InChI is InChI=1S/C15H19N3OS/c1-15(2)7-9(15)13-17-14(19-18-13)11-8-5-3-4-6-10(8)20-12(11)16/h9H,3-7,16H2,1-2H3. The molecule has 106 valence electrons. The number of thiophene rings is 1. The van der Waals surface area contributed by atoms with Crippen LogP contribution in [0.3, 0.4) is 0 Å². The highest BCUT2D eigenvalue weighted by atomic mass is 32.1. The molecule has 0 bridgehead atoms. The van der Waals surface area contributed by atoms with Crippen LogP contribution in [0, 0.1) is 5.41 Å². The number of anilines is 1. The molecule has 0 amide bonds. The first-order valence-electron chi connectivity index (χ1n) is 7.30. The molecule has 5 heteroatoms. The summed E-state index contributed by atoms with van der Waals surface area (Å²) in [4.78, 5) is 6.04. The van der Waals surface area contributed by atoms with Gasteiger partial charge >= 0.3 is 0 Å². The van der Waals surface area contributed by atoms with Gasteiger partial charge in [-0.05, 0) is 43.1 Å². The summed E-state index contributed by atoms with van der Waals surface area (Å²) in [5.41, 5.74) is 8.88. The lowest BCUT2D eigenvalue weighted by atomic mass is 9.95. The number of fused-ring (bicyclic) bond motifs is 1. The molecule has 0 spiro atoms. The van der Waals surface area contributed by atoms with E-state index in [4.69, 9.17) is 10.3 Å². The monoisotopic (exact) mass is 289 g/mol. The minimum Gasteiger partial charge on any atom is -0.390 e. The molecule has 0 radical (unpaired) electrons. The number of hydrogen-bond donors (Lipinski definition) is 1. The van der Waals surface area contributed by atoms with Crippen molar-refractivity contribution >= 4 is 16.3 Å². The zero-order chi connectivity index (χ0) is 13.9. The summed E-state index contributed by atoms with van der Waals surface area (Å²) in [6, 6.07) is 0. The van der Waals surface area contributed by atoms with Crippen molar-refractivity contribution in [2.24, 2.45) is 5.41 Å². The van der Waals surface area contributed by atoms with Crippen LogP contribution in [0.5, 0.6) is 0 Å². The minimum absolute atomic E-state index is 0.320. The Balaban J connectivity index is 1.73. The van der Waals surface area contributed by atoms with Crippen LogP contribution in [0.25, 0.3) is 11.5 Å². The molecule has 1 fully saturated rings. The number of aromatic nitrogens is 2. The molecule has 2 aromatic rings. The second-order valence-electron chi connectivity index (χ2n) is 6.65. The van der Waals surface area contributed by atoms with Crippen LogP contribution in [0.2, 0.25) is 0 Å². The third-order valence-corrected chi connectivity index (χ3v) is 5.80. The van der Waals surface area contributed by atoms with Gasteiger partial charge in [-0.2, -0.15) is 4.98 Å². The number of nitrogen functional groups attached to an aromatic ring is 1. The van der Waals surface area contributed by atoms with E-state index < -0.39 is 0 Å². The van der Waals surface area contributed by atoms with Crippen molar-refractivity contribution in [2.75, 3.05) is 5.73 Å². The predicted molar refractivity (Wildman–Crippen MR) is 79.8 cm³/mol. The molecule has 2 aliphatic rings. The number of aryl methyl sites for hydroxylation is 1. The van der Waals surface area contributed by atoms with Gasteiger partial charge in [0, 0.05) is 10.8 Å². The SMILES string of the molecule is CC1(C)CC1c1noc(-c2c(N)sc3c2CCCC3)n1. The first-order valence-corrected chi connectivity index (χ1v) is 8.12. The topological polar surface area (TPSA) is 64.9 Å². The predicted octanol–water partition coefficient (Wildman–Crippen LogP) is 3.77. The van der Waals surface area contributed by atoms with Gasteiger partial charge in [0.2, 0.25) is 0 Å². The molecule has 1 atom stereocenters. The van der Waals surface area contributed by atoms with Gasteiger partial charge in [0.15, 0.2) is 5.82 Å². The summed E-state index contributed by atoms with van der Waals surface area (Å²) < 4.78 is 5.52. The van der Waals surface area contributed by atoms with Crippen LogP contribution < -0.4 is 5.73 Å². The molecule has 0 saturated heterocycles. The van der Waals surface area contributed by atoms with Gasteiger partial charge in [-0.25, -0.2) is 0 Å². The minimum atomic E-state index is 0.320. The summed E-state index contributed by atoms with van der Waals surface area (Å²) in [6.07, 6.45) is 5.86. The highest BCUT2D eigenvalue weighted by Gasteiger charge is 2.49. The highest BCUT2D eigenvalue weighted by molar-refractivity contribution is 7.16. The summed E-state index contributed by atoms with van der Waals surface area (Å²) in [5, 5.41) is 5.02. The Morgan fingerprint density at radius 1 is 1.30 bits per heavy atom. The van der Waals surface area contributed by atoms with Gasteiger partial charge in [-0.15, -0.1) is 11.3 Å². The fourth-order valence-corrected chi connectivity index (χ4v) is 4.36. The Morgan fingerprint density at radius 3 is 2.80 bits per heavy atom. The average molecular weight is 289 g/mol. The Morgan fingerprint density at radius 2 is 2.05 bits per heavy atom.